The molecule has 0 bridgehead atoms. The van der Waals surface area contributed by atoms with E-state index < -0.39 is 0 Å². The highest BCUT2D eigenvalue weighted by Gasteiger charge is 2.11. The lowest BCUT2D eigenvalue weighted by molar-refractivity contribution is 0.832. The summed E-state index contributed by atoms with van der Waals surface area (Å²) in [5, 5.41) is 4.52. The Balaban J connectivity index is 0.00000180. The number of aliphatic imine (C=N–C) groups is 1. The lowest BCUT2D eigenvalue weighted by Gasteiger charge is -2.04. The SMILES string of the molecule is Cc1nn(-c2ccccc2)c(C)c1CN=C(N)N.I. The topological polar surface area (TPSA) is 82.2 Å². The van der Waals surface area contributed by atoms with Crippen molar-refractivity contribution in [3.05, 3.63) is 47.3 Å². The molecule has 1 aromatic heterocycles. The predicted octanol–water partition coefficient (Wildman–Crippen LogP) is 1.88. The van der Waals surface area contributed by atoms with Crippen LogP contribution in [0.5, 0.6) is 0 Å². The molecule has 0 amide bonds. The third-order valence-corrected chi connectivity index (χ3v) is 2.86. The predicted molar refractivity (Wildman–Crippen MR) is 88.0 cm³/mol. The number of halogens is 1. The molecule has 0 unspecified atom stereocenters. The molecule has 0 aliphatic rings. The molecular formula is C13H18IN5. The van der Waals surface area contributed by atoms with Gasteiger partial charge in [-0.25, -0.2) is 9.67 Å². The number of aryl methyl sites for hydroxylation is 1. The highest BCUT2D eigenvalue weighted by Crippen LogP contribution is 2.18. The van der Waals surface area contributed by atoms with Gasteiger partial charge in [-0.15, -0.1) is 24.0 Å². The highest BCUT2D eigenvalue weighted by atomic mass is 127. The Morgan fingerprint density at radius 1 is 1.21 bits per heavy atom. The van der Waals surface area contributed by atoms with Crippen LogP contribution < -0.4 is 11.5 Å². The maximum Gasteiger partial charge on any atom is 0.186 e. The van der Waals surface area contributed by atoms with Crippen molar-refractivity contribution in [1.29, 1.82) is 0 Å². The summed E-state index contributed by atoms with van der Waals surface area (Å²) in [7, 11) is 0. The summed E-state index contributed by atoms with van der Waals surface area (Å²) in [5.41, 5.74) is 14.8. The second kappa shape index (κ2) is 6.55. The number of aromatic nitrogens is 2. The second-order valence-corrected chi connectivity index (χ2v) is 4.14. The number of guanidine groups is 1. The third-order valence-electron chi connectivity index (χ3n) is 2.86. The molecule has 0 aliphatic carbocycles. The van der Waals surface area contributed by atoms with Crippen molar-refractivity contribution in [2.75, 3.05) is 0 Å². The summed E-state index contributed by atoms with van der Waals surface area (Å²) in [5.74, 6) is 0.0984. The summed E-state index contributed by atoms with van der Waals surface area (Å²) in [6, 6.07) is 9.99. The van der Waals surface area contributed by atoms with Gasteiger partial charge >= 0.3 is 0 Å². The maximum absolute atomic E-state index is 5.36. The summed E-state index contributed by atoms with van der Waals surface area (Å²) < 4.78 is 1.91. The van der Waals surface area contributed by atoms with Gasteiger partial charge in [0.1, 0.15) is 0 Å². The van der Waals surface area contributed by atoms with Crippen molar-refractivity contribution < 1.29 is 0 Å². The van der Waals surface area contributed by atoms with Crippen LogP contribution in [0.1, 0.15) is 17.0 Å². The van der Waals surface area contributed by atoms with Crippen molar-refractivity contribution in [2.24, 2.45) is 16.5 Å². The molecule has 1 heterocycles. The number of hydrogen-bond donors (Lipinski definition) is 2. The summed E-state index contributed by atoms with van der Waals surface area (Å²) >= 11 is 0. The molecule has 0 saturated carbocycles. The molecule has 0 aliphatic heterocycles. The average molecular weight is 371 g/mol. The van der Waals surface area contributed by atoms with Gasteiger partial charge in [-0.2, -0.15) is 5.10 Å². The van der Waals surface area contributed by atoms with Crippen molar-refractivity contribution in [2.45, 2.75) is 20.4 Å². The number of para-hydroxylation sites is 1. The van der Waals surface area contributed by atoms with Crippen molar-refractivity contribution in [3.8, 4) is 5.69 Å². The normalized spacial score (nSPS) is 9.79. The van der Waals surface area contributed by atoms with Gasteiger partial charge in [0, 0.05) is 11.3 Å². The average Bonchev–Trinajstić information content (AvgIpc) is 2.63. The first-order valence-corrected chi connectivity index (χ1v) is 5.75. The lowest BCUT2D eigenvalue weighted by Crippen LogP contribution is -2.22. The molecule has 0 atom stereocenters. The summed E-state index contributed by atoms with van der Waals surface area (Å²) in [6.45, 7) is 4.45. The molecule has 0 fully saturated rings. The molecule has 0 radical (unpaired) electrons. The van der Waals surface area contributed by atoms with Crippen LogP contribution in [0.4, 0.5) is 0 Å². The number of hydrogen-bond acceptors (Lipinski definition) is 2. The van der Waals surface area contributed by atoms with Crippen LogP contribution in [-0.4, -0.2) is 15.7 Å². The monoisotopic (exact) mass is 371 g/mol. The first kappa shape index (κ1) is 15.5. The number of rotatable bonds is 3. The van der Waals surface area contributed by atoms with Crippen molar-refractivity contribution >= 4 is 29.9 Å². The quantitative estimate of drug-likeness (QED) is 0.491. The van der Waals surface area contributed by atoms with Gasteiger partial charge < -0.3 is 11.5 Å². The molecular weight excluding hydrogens is 353 g/mol. The Labute approximate surface area is 129 Å². The standard InChI is InChI=1S/C13H17N5.HI/c1-9-12(8-16-13(14)15)10(2)18(17-9)11-6-4-3-5-7-11;/h3-7H,8H2,1-2H3,(H4,14,15,16);1H. The summed E-state index contributed by atoms with van der Waals surface area (Å²) in [6.07, 6.45) is 0. The fraction of sp³-hybridized carbons (Fsp3) is 0.231. The molecule has 1 aromatic carbocycles. The molecule has 0 saturated heterocycles. The van der Waals surface area contributed by atoms with Gasteiger partial charge in [0.2, 0.25) is 0 Å². The zero-order valence-electron chi connectivity index (χ0n) is 11.0. The Morgan fingerprint density at radius 3 is 2.42 bits per heavy atom. The van der Waals surface area contributed by atoms with E-state index in [1.54, 1.807) is 0 Å². The molecule has 4 N–H and O–H groups in total. The summed E-state index contributed by atoms with van der Waals surface area (Å²) in [4.78, 5) is 4.04. The zero-order valence-corrected chi connectivity index (χ0v) is 13.3. The van der Waals surface area contributed by atoms with Gasteiger partial charge in [-0.05, 0) is 26.0 Å². The lowest BCUT2D eigenvalue weighted by atomic mass is 10.2. The number of nitrogens with zero attached hydrogens (tertiary/aromatic N) is 3. The van der Waals surface area contributed by atoms with E-state index in [-0.39, 0.29) is 29.9 Å². The second-order valence-electron chi connectivity index (χ2n) is 4.14. The van der Waals surface area contributed by atoms with Gasteiger partial charge in [0.25, 0.3) is 0 Å². The molecule has 0 spiro atoms. The number of benzene rings is 1. The van der Waals surface area contributed by atoms with E-state index in [0.717, 1.165) is 22.6 Å². The Bertz CT molecular complexity index is 570. The molecule has 2 aromatic rings. The van der Waals surface area contributed by atoms with Crippen LogP contribution in [0, 0.1) is 13.8 Å². The van der Waals surface area contributed by atoms with Crippen LogP contribution in [0.15, 0.2) is 35.3 Å². The van der Waals surface area contributed by atoms with Crippen LogP contribution in [0.25, 0.3) is 5.69 Å². The third kappa shape index (κ3) is 3.46. The first-order valence-electron chi connectivity index (χ1n) is 5.75. The number of nitrogens with two attached hydrogens (primary N) is 2. The molecule has 102 valence electrons. The molecule has 19 heavy (non-hydrogen) atoms. The minimum absolute atomic E-state index is 0. The van der Waals surface area contributed by atoms with Crippen LogP contribution in [0.3, 0.4) is 0 Å². The van der Waals surface area contributed by atoms with E-state index >= 15 is 0 Å². The highest BCUT2D eigenvalue weighted by molar-refractivity contribution is 14.0. The smallest absolute Gasteiger partial charge is 0.186 e. The van der Waals surface area contributed by atoms with Crippen LogP contribution in [-0.2, 0) is 6.54 Å². The van der Waals surface area contributed by atoms with E-state index in [2.05, 4.69) is 10.1 Å². The molecule has 6 heteroatoms. The molecule has 5 nitrogen and oxygen atoms in total. The largest absolute Gasteiger partial charge is 0.370 e. The van der Waals surface area contributed by atoms with Crippen LogP contribution >= 0.6 is 24.0 Å². The van der Waals surface area contributed by atoms with E-state index in [0.29, 0.717) is 6.54 Å². The fourth-order valence-corrected chi connectivity index (χ4v) is 1.89. The zero-order chi connectivity index (χ0) is 13.1. The maximum atomic E-state index is 5.36. The van der Waals surface area contributed by atoms with Gasteiger partial charge in [0.05, 0.1) is 17.9 Å². The Hall–Kier alpha value is -1.57. The van der Waals surface area contributed by atoms with Crippen molar-refractivity contribution in [1.82, 2.24) is 9.78 Å². The minimum Gasteiger partial charge on any atom is -0.370 e. The van der Waals surface area contributed by atoms with Gasteiger partial charge in [0.15, 0.2) is 5.96 Å². The first-order chi connectivity index (χ1) is 8.59. The van der Waals surface area contributed by atoms with E-state index in [1.165, 1.54) is 0 Å². The molecule has 2 rings (SSSR count). The van der Waals surface area contributed by atoms with Gasteiger partial charge in [-0.1, -0.05) is 18.2 Å². The van der Waals surface area contributed by atoms with Gasteiger partial charge in [-0.3, -0.25) is 0 Å². The Kier molecular flexibility index (Phi) is 5.34. The van der Waals surface area contributed by atoms with E-state index in [9.17, 15) is 0 Å². The van der Waals surface area contributed by atoms with Crippen LogP contribution in [0.2, 0.25) is 0 Å². The van der Waals surface area contributed by atoms with Crippen molar-refractivity contribution in [3.63, 3.8) is 0 Å². The van der Waals surface area contributed by atoms with E-state index in [1.807, 2.05) is 48.9 Å². The minimum atomic E-state index is 0. The fourth-order valence-electron chi connectivity index (χ4n) is 1.89. The van der Waals surface area contributed by atoms with E-state index in [4.69, 9.17) is 11.5 Å². The Morgan fingerprint density at radius 2 is 1.84 bits per heavy atom.